The van der Waals surface area contributed by atoms with Gasteiger partial charge in [-0.15, -0.1) is 24.0 Å². The number of aromatic nitrogens is 1. The summed E-state index contributed by atoms with van der Waals surface area (Å²) in [6, 6.07) is 7.79. The zero-order chi connectivity index (χ0) is 21.5. The van der Waals surface area contributed by atoms with Gasteiger partial charge in [-0.05, 0) is 36.2 Å². The zero-order valence-electron chi connectivity index (χ0n) is 18.1. The minimum Gasteiger partial charge on any atom is -0.493 e. The van der Waals surface area contributed by atoms with E-state index in [9.17, 15) is 0 Å². The van der Waals surface area contributed by atoms with Gasteiger partial charge < -0.3 is 29.7 Å². The van der Waals surface area contributed by atoms with Gasteiger partial charge >= 0.3 is 0 Å². The molecule has 0 spiro atoms. The summed E-state index contributed by atoms with van der Waals surface area (Å²) in [6.07, 6.45) is 2.73. The lowest BCUT2D eigenvalue weighted by molar-refractivity contribution is 0.323. The van der Waals surface area contributed by atoms with Crippen LogP contribution in [0.1, 0.15) is 12.0 Å². The maximum absolute atomic E-state index is 6.28. The summed E-state index contributed by atoms with van der Waals surface area (Å²) in [6.45, 7) is 2.25. The van der Waals surface area contributed by atoms with Gasteiger partial charge in [0.2, 0.25) is 5.75 Å². The van der Waals surface area contributed by atoms with E-state index in [2.05, 4.69) is 25.5 Å². The molecule has 2 N–H and O–H groups in total. The summed E-state index contributed by atoms with van der Waals surface area (Å²) >= 11 is 6.28. The van der Waals surface area contributed by atoms with Crippen LogP contribution >= 0.6 is 35.6 Å². The molecule has 0 radical (unpaired) electrons. The number of aliphatic imine (C=N–C) groups is 1. The van der Waals surface area contributed by atoms with E-state index >= 15 is 0 Å². The number of hydrogen-bond donors (Lipinski definition) is 2. The van der Waals surface area contributed by atoms with E-state index in [1.807, 2.05) is 24.3 Å². The maximum atomic E-state index is 6.28. The van der Waals surface area contributed by atoms with Gasteiger partial charge in [0.25, 0.3) is 0 Å². The summed E-state index contributed by atoms with van der Waals surface area (Å²) in [4.78, 5) is 10.9. The van der Waals surface area contributed by atoms with Gasteiger partial charge in [-0.1, -0.05) is 11.6 Å². The average molecular weight is 562 g/mol. The van der Waals surface area contributed by atoms with Gasteiger partial charge in [0.15, 0.2) is 17.5 Å². The molecule has 170 valence electrons. The van der Waals surface area contributed by atoms with E-state index in [1.54, 1.807) is 34.6 Å². The third kappa shape index (κ3) is 6.19. The van der Waals surface area contributed by atoms with Gasteiger partial charge in [-0.2, -0.15) is 0 Å². The van der Waals surface area contributed by atoms with Gasteiger partial charge in [-0.3, -0.25) is 4.99 Å². The summed E-state index contributed by atoms with van der Waals surface area (Å²) in [7, 11) is 6.56. The van der Waals surface area contributed by atoms with Crippen LogP contribution in [0.3, 0.4) is 0 Å². The Morgan fingerprint density at radius 2 is 1.94 bits per heavy atom. The molecular weight excluding hydrogens is 533 g/mol. The van der Waals surface area contributed by atoms with Gasteiger partial charge in [0, 0.05) is 38.9 Å². The first-order valence-corrected chi connectivity index (χ1v) is 10.1. The molecule has 0 aliphatic carbocycles. The molecule has 10 heteroatoms. The lowest BCUT2D eigenvalue weighted by atomic mass is 10.2. The molecule has 0 bridgehead atoms. The fourth-order valence-corrected chi connectivity index (χ4v) is 3.73. The van der Waals surface area contributed by atoms with Gasteiger partial charge in [0.05, 0.1) is 26.4 Å². The highest BCUT2D eigenvalue weighted by molar-refractivity contribution is 14.0. The minimum atomic E-state index is 0. The van der Waals surface area contributed by atoms with Crippen LogP contribution in [-0.4, -0.2) is 58.5 Å². The monoisotopic (exact) mass is 561 g/mol. The molecule has 1 saturated heterocycles. The van der Waals surface area contributed by atoms with Gasteiger partial charge in [-0.25, -0.2) is 4.98 Å². The number of pyridine rings is 1. The highest BCUT2D eigenvalue weighted by Gasteiger charge is 2.25. The molecule has 8 nitrogen and oxygen atoms in total. The van der Waals surface area contributed by atoms with Crippen LogP contribution in [0, 0.1) is 0 Å². The van der Waals surface area contributed by atoms with Crippen molar-refractivity contribution in [3.8, 4) is 17.2 Å². The lowest BCUT2D eigenvalue weighted by Gasteiger charge is -2.20. The number of halogens is 2. The van der Waals surface area contributed by atoms with Crippen molar-refractivity contribution in [3.63, 3.8) is 0 Å². The molecule has 1 fully saturated rings. The molecule has 1 aromatic carbocycles. The number of hydrogen-bond acceptors (Lipinski definition) is 6. The number of rotatable bonds is 7. The van der Waals surface area contributed by atoms with E-state index in [-0.39, 0.29) is 30.0 Å². The molecule has 1 aliphatic rings. The van der Waals surface area contributed by atoms with Crippen molar-refractivity contribution in [2.75, 3.05) is 46.4 Å². The first-order chi connectivity index (χ1) is 14.6. The van der Waals surface area contributed by atoms with Crippen LogP contribution in [0.4, 0.5) is 5.82 Å². The Balaban J connectivity index is 0.00000341. The molecule has 0 amide bonds. The van der Waals surface area contributed by atoms with Crippen LogP contribution in [-0.2, 0) is 6.54 Å². The maximum Gasteiger partial charge on any atom is 0.203 e. The third-order valence-corrected chi connectivity index (χ3v) is 5.27. The van der Waals surface area contributed by atoms with E-state index in [0.29, 0.717) is 28.8 Å². The number of guanidine groups is 1. The molecule has 1 atom stereocenters. The Morgan fingerprint density at radius 3 is 2.52 bits per heavy atom. The standard InChI is InChI=1S/C21H28ClN5O3.HI/c1-23-21(25-12-14-10-17(28-2)19(30-4)18(11-14)29-3)26-15-7-9-27(13-15)20-16(22)6-5-8-24-20;/h5-6,8,10-11,15H,7,9,12-13H2,1-4H3,(H2,23,25,26);1H. The van der Waals surface area contributed by atoms with E-state index < -0.39 is 0 Å². The van der Waals surface area contributed by atoms with Gasteiger partial charge in [0.1, 0.15) is 5.82 Å². The molecule has 1 unspecified atom stereocenters. The molecular formula is C21H29ClIN5O3. The molecule has 31 heavy (non-hydrogen) atoms. The number of nitrogens with one attached hydrogen (secondary N) is 2. The van der Waals surface area contributed by atoms with Crippen molar-refractivity contribution in [1.29, 1.82) is 0 Å². The Labute approximate surface area is 205 Å². The second-order valence-corrected chi connectivity index (χ2v) is 7.25. The van der Waals surface area contributed by atoms with Crippen LogP contribution in [0.5, 0.6) is 17.2 Å². The van der Waals surface area contributed by atoms with Crippen LogP contribution in [0.15, 0.2) is 35.5 Å². The molecule has 3 rings (SSSR count). The second kappa shape index (κ2) is 12.0. The Hall–Kier alpha value is -2.14. The normalized spacial score (nSPS) is 15.8. The largest absolute Gasteiger partial charge is 0.493 e. The van der Waals surface area contributed by atoms with Crippen LogP contribution < -0.4 is 29.7 Å². The summed E-state index contributed by atoms with van der Waals surface area (Å²) in [5, 5.41) is 7.49. The molecule has 2 aromatic rings. The lowest BCUT2D eigenvalue weighted by Crippen LogP contribution is -2.44. The topological polar surface area (TPSA) is 80.2 Å². The quantitative estimate of drug-likeness (QED) is 0.305. The molecule has 1 aliphatic heterocycles. The predicted molar refractivity (Wildman–Crippen MR) is 135 cm³/mol. The third-order valence-electron chi connectivity index (χ3n) is 4.98. The number of nitrogens with zero attached hydrogens (tertiary/aromatic N) is 3. The van der Waals surface area contributed by atoms with E-state index in [1.165, 1.54) is 0 Å². The summed E-state index contributed by atoms with van der Waals surface area (Å²) in [5.74, 6) is 3.36. The fourth-order valence-electron chi connectivity index (χ4n) is 3.49. The van der Waals surface area contributed by atoms with Crippen molar-refractivity contribution in [3.05, 3.63) is 41.0 Å². The SMILES string of the molecule is CN=C(NCc1cc(OC)c(OC)c(OC)c1)NC1CCN(c2ncccc2Cl)C1.I. The van der Waals surface area contributed by atoms with Crippen molar-refractivity contribution in [2.24, 2.45) is 4.99 Å². The van der Waals surface area contributed by atoms with E-state index in [0.717, 1.165) is 36.9 Å². The smallest absolute Gasteiger partial charge is 0.203 e. The van der Waals surface area contributed by atoms with Crippen molar-refractivity contribution in [2.45, 2.75) is 19.0 Å². The first kappa shape index (κ1) is 25.1. The van der Waals surface area contributed by atoms with Crippen LogP contribution in [0.25, 0.3) is 0 Å². The number of methoxy groups -OCH3 is 3. The van der Waals surface area contributed by atoms with Crippen molar-refractivity contribution >= 4 is 47.4 Å². The highest BCUT2D eigenvalue weighted by Crippen LogP contribution is 2.38. The summed E-state index contributed by atoms with van der Waals surface area (Å²) < 4.78 is 16.2. The first-order valence-electron chi connectivity index (χ1n) is 9.71. The van der Waals surface area contributed by atoms with E-state index in [4.69, 9.17) is 25.8 Å². The van der Waals surface area contributed by atoms with Crippen LogP contribution in [0.2, 0.25) is 5.02 Å². The number of ether oxygens (including phenoxy) is 3. The number of anilines is 1. The Morgan fingerprint density at radius 1 is 1.23 bits per heavy atom. The molecule has 0 saturated carbocycles. The predicted octanol–water partition coefficient (Wildman–Crippen LogP) is 3.32. The fraction of sp³-hybridized carbons (Fsp3) is 0.429. The Kier molecular flexibility index (Phi) is 9.76. The van der Waals surface area contributed by atoms with Crippen molar-refractivity contribution < 1.29 is 14.2 Å². The Bertz CT molecular complexity index is 874. The zero-order valence-corrected chi connectivity index (χ0v) is 21.2. The average Bonchev–Trinajstić information content (AvgIpc) is 3.24. The second-order valence-electron chi connectivity index (χ2n) is 6.84. The number of benzene rings is 1. The van der Waals surface area contributed by atoms with Crippen molar-refractivity contribution in [1.82, 2.24) is 15.6 Å². The molecule has 2 heterocycles. The molecule has 1 aromatic heterocycles. The minimum absolute atomic E-state index is 0. The summed E-state index contributed by atoms with van der Waals surface area (Å²) in [5.41, 5.74) is 0.987. The highest BCUT2D eigenvalue weighted by atomic mass is 127.